The molecule has 1 heterocycles. The van der Waals surface area contributed by atoms with Crippen LogP contribution in [0.5, 0.6) is 0 Å². The van der Waals surface area contributed by atoms with Gasteiger partial charge in [0.1, 0.15) is 0 Å². The van der Waals surface area contributed by atoms with Crippen LogP contribution in [0.3, 0.4) is 0 Å². The predicted molar refractivity (Wildman–Crippen MR) is 63.1 cm³/mol. The Balaban J connectivity index is 2.35. The third kappa shape index (κ3) is 4.72. The lowest BCUT2D eigenvalue weighted by atomic mass is 9.97. The Hall–Kier alpha value is -0.410. The maximum absolute atomic E-state index is 4.29. The zero-order chi connectivity index (χ0) is 10.6. The standard InChI is InChI=1S/C11H17BrN2/c1-11(2,3)8-13-7-10-5-4-9(12)6-14-10/h4-6,13H,7-8H2,1-3H3. The summed E-state index contributed by atoms with van der Waals surface area (Å²) in [6.45, 7) is 8.49. The number of hydrogen-bond donors (Lipinski definition) is 1. The summed E-state index contributed by atoms with van der Waals surface area (Å²) in [4.78, 5) is 4.29. The average molecular weight is 257 g/mol. The molecule has 0 aliphatic rings. The van der Waals surface area contributed by atoms with Crippen LogP contribution in [0, 0.1) is 5.41 Å². The molecule has 78 valence electrons. The average Bonchev–Trinajstić information content (AvgIpc) is 2.06. The van der Waals surface area contributed by atoms with Gasteiger partial charge in [0.25, 0.3) is 0 Å². The second-order valence-electron chi connectivity index (χ2n) is 4.63. The highest BCUT2D eigenvalue weighted by Crippen LogP contribution is 2.11. The lowest BCUT2D eigenvalue weighted by Crippen LogP contribution is -2.26. The lowest BCUT2D eigenvalue weighted by Gasteiger charge is -2.18. The molecule has 1 aromatic rings. The molecule has 0 aliphatic heterocycles. The van der Waals surface area contributed by atoms with Crippen molar-refractivity contribution >= 4 is 15.9 Å². The van der Waals surface area contributed by atoms with Crippen LogP contribution in [0.1, 0.15) is 26.5 Å². The number of nitrogens with zero attached hydrogens (tertiary/aromatic N) is 1. The Bertz CT molecular complexity index is 274. The van der Waals surface area contributed by atoms with Gasteiger partial charge >= 0.3 is 0 Å². The van der Waals surface area contributed by atoms with Gasteiger partial charge in [-0.3, -0.25) is 4.98 Å². The van der Waals surface area contributed by atoms with Crippen LogP contribution in [-0.2, 0) is 6.54 Å². The highest BCUT2D eigenvalue weighted by Gasteiger charge is 2.08. The van der Waals surface area contributed by atoms with Gasteiger partial charge in [0.15, 0.2) is 0 Å². The van der Waals surface area contributed by atoms with Gasteiger partial charge in [-0.2, -0.15) is 0 Å². The van der Waals surface area contributed by atoms with Crippen LogP contribution in [0.4, 0.5) is 0 Å². The molecule has 0 bridgehead atoms. The minimum absolute atomic E-state index is 0.329. The molecule has 3 heteroatoms. The van der Waals surface area contributed by atoms with E-state index in [4.69, 9.17) is 0 Å². The van der Waals surface area contributed by atoms with Gasteiger partial charge in [-0.05, 0) is 33.5 Å². The second-order valence-corrected chi connectivity index (χ2v) is 5.55. The molecule has 0 radical (unpaired) electrons. The Morgan fingerprint density at radius 2 is 2.07 bits per heavy atom. The summed E-state index contributed by atoms with van der Waals surface area (Å²) in [5.74, 6) is 0. The van der Waals surface area contributed by atoms with Crippen molar-refractivity contribution in [3.05, 3.63) is 28.5 Å². The Labute approximate surface area is 94.3 Å². The van der Waals surface area contributed by atoms with Gasteiger partial charge in [-0.25, -0.2) is 0 Å². The largest absolute Gasteiger partial charge is 0.311 e. The van der Waals surface area contributed by atoms with E-state index in [1.807, 2.05) is 18.3 Å². The predicted octanol–water partition coefficient (Wildman–Crippen LogP) is 2.98. The van der Waals surface area contributed by atoms with Crippen molar-refractivity contribution in [1.82, 2.24) is 10.3 Å². The molecule has 14 heavy (non-hydrogen) atoms. The SMILES string of the molecule is CC(C)(C)CNCc1ccc(Br)cn1. The van der Waals surface area contributed by atoms with Crippen molar-refractivity contribution in [1.29, 1.82) is 0 Å². The van der Waals surface area contributed by atoms with E-state index >= 15 is 0 Å². The summed E-state index contributed by atoms with van der Waals surface area (Å²) < 4.78 is 1.03. The summed E-state index contributed by atoms with van der Waals surface area (Å²) in [5.41, 5.74) is 1.41. The highest BCUT2D eigenvalue weighted by molar-refractivity contribution is 9.10. The maximum Gasteiger partial charge on any atom is 0.0542 e. The zero-order valence-electron chi connectivity index (χ0n) is 8.97. The van der Waals surface area contributed by atoms with Crippen LogP contribution in [-0.4, -0.2) is 11.5 Å². The van der Waals surface area contributed by atoms with E-state index in [0.717, 1.165) is 23.3 Å². The number of pyridine rings is 1. The van der Waals surface area contributed by atoms with Crippen molar-refractivity contribution in [3.8, 4) is 0 Å². The summed E-state index contributed by atoms with van der Waals surface area (Å²) in [6.07, 6.45) is 1.83. The number of rotatable bonds is 3. The molecule has 0 unspecified atom stereocenters. The van der Waals surface area contributed by atoms with E-state index < -0.39 is 0 Å². The normalized spacial score (nSPS) is 11.7. The van der Waals surface area contributed by atoms with Gasteiger partial charge in [0.05, 0.1) is 5.69 Å². The smallest absolute Gasteiger partial charge is 0.0542 e. The first-order chi connectivity index (χ1) is 6.47. The molecule has 0 atom stereocenters. The minimum atomic E-state index is 0.329. The number of aromatic nitrogens is 1. The van der Waals surface area contributed by atoms with Crippen LogP contribution in [0.2, 0.25) is 0 Å². The van der Waals surface area contributed by atoms with Crippen molar-refractivity contribution in [2.75, 3.05) is 6.54 Å². The summed E-state index contributed by atoms with van der Waals surface area (Å²) in [7, 11) is 0. The molecule has 0 fully saturated rings. The van der Waals surface area contributed by atoms with Crippen molar-refractivity contribution in [2.24, 2.45) is 5.41 Å². The molecule has 1 N–H and O–H groups in total. The molecule has 1 aromatic heterocycles. The van der Waals surface area contributed by atoms with Crippen molar-refractivity contribution in [2.45, 2.75) is 27.3 Å². The summed E-state index contributed by atoms with van der Waals surface area (Å²) >= 11 is 3.36. The monoisotopic (exact) mass is 256 g/mol. The molecule has 2 nitrogen and oxygen atoms in total. The molecule has 1 rings (SSSR count). The fourth-order valence-corrected chi connectivity index (χ4v) is 1.31. The molecular formula is C11H17BrN2. The topological polar surface area (TPSA) is 24.9 Å². The van der Waals surface area contributed by atoms with Crippen molar-refractivity contribution < 1.29 is 0 Å². The highest BCUT2D eigenvalue weighted by atomic mass is 79.9. The molecule has 0 aromatic carbocycles. The zero-order valence-corrected chi connectivity index (χ0v) is 10.6. The van der Waals surface area contributed by atoms with E-state index in [1.165, 1.54) is 0 Å². The van der Waals surface area contributed by atoms with Gasteiger partial charge in [-0.15, -0.1) is 0 Å². The first kappa shape index (κ1) is 11.7. The quantitative estimate of drug-likeness (QED) is 0.900. The molecule has 0 amide bonds. The minimum Gasteiger partial charge on any atom is -0.311 e. The molecule has 0 saturated heterocycles. The summed E-state index contributed by atoms with van der Waals surface area (Å²) in [5, 5.41) is 3.38. The third-order valence-electron chi connectivity index (χ3n) is 1.75. The number of hydrogen-bond acceptors (Lipinski definition) is 2. The Morgan fingerprint density at radius 1 is 1.36 bits per heavy atom. The first-order valence-corrected chi connectivity index (χ1v) is 5.58. The fourth-order valence-electron chi connectivity index (χ4n) is 1.08. The lowest BCUT2D eigenvalue weighted by molar-refractivity contribution is 0.378. The Morgan fingerprint density at radius 3 is 2.57 bits per heavy atom. The maximum atomic E-state index is 4.29. The van der Waals surface area contributed by atoms with Gasteiger partial charge in [0, 0.05) is 23.8 Å². The Kier molecular flexibility index (Phi) is 4.08. The fraction of sp³-hybridized carbons (Fsp3) is 0.545. The van der Waals surface area contributed by atoms with Crippen LogP contribution >= 0.6 is 15.9 Å². The summed E-state index contributed by atoms with van der Waals surface area (Å²) in [6, 6.07) is 4.04. The van der Waals surface area contributed by atoms with Gasteiger partial charge in [-0.1, -0.05) is 20.8 Å². The number of halogens is 1. The van der Waals surface area contributed by atoms with E-state index in [0.29, 0.717) is 5.41 Å². The van der Waals surface area contributed by atoms with E-state index in [1.54, 1.807) is 0 Å². The molecular weight excluding hydrogens is 240 g/mol. The van der Waals surface area contributed by atoms with Crippen LogP contribution < -0.4 is 5.32 Å². The van der Waals surface area contributed by atoms with E-state index in [-0.39, 0.29) is 0 Å². The third-order valence-corrected chi connectivity index (χ3v) is 2.22. The first-order valence-electron chi connectivity index (χ1n) is 4.78. The van der Waals surface area contributed by atoms with Gasteiger partial charge < -0.3 is 5.32 Å². The van der Waals surface area contributed by atoms with Crippen molar-refractivity contribution in [3.63, 3.8) is 0 Å². The van der Waals surface area contributed by atoms with E-state index in [9.17, 15) is 0 Å². The van der Waals surface area contributed by atoms with Crippen LogP contribution in [0.25, 0.3) is 0 Å². The molecule has 0 aliphatic carbocycles. The van der Waals surface area contributed by atoms with Crippen LogP contribution in [0.15, 0.2) is 22.8 Å². The van der Waals surface area contributed by atoms with E-state index in [2.05, 4.69) is 47.0 Å². The second kappa shape index (κ2) is 4.89. The van der Waals surface area contributed by atoms with Gasteiger partial charge in [0.2, 0.25) is 0 Å². The molecule has 0 saturated carbocycles. The molecule has 0 spiro atoms. The number of nitrogens with one attached hydrogen (secondary N) is 1.